The SMILES string of the molecule is Cc1cc2c(c(OC3CCC(n4cc(F)c5c(N)ncnc54)C3)c1)CNCC2. The number of nitrogen functional groups attached to an aromatic ring is 1. The number of ether oxygens (including phenoxy) is 1. The molecule has 1 saturated carbocycles. The quantitative estimate of drug-likeness (QED) is 0.728. The minimum atomic E-state index is -0.365. The van der Waals surface area contributed by atoms with Gasteiger partial charge in [0.1, 0.15) is 29.6 Å². The lowest BCUT2D eigenvalue weighted by Crippen LogP contribution is -2.25. The van der Waals surface area contributed by atoms with E-state index >= 15 is 0 Å². The van der Waals surface area contributed by atoms with Crippen LogP contribution in [0.25, 0.3) is 11.0 Å². The highest BCUT2D eigenvalue weighted by Gasteiger charge is 2.30. The van der Waals surface area contributed by atoms with Gasteiger partial charge in [0.15, 0.2) is 5.82 Å². The summed E-state index contributed by atoms with van der Waals surface area (Å²) in [5, 5.41) is 3.75. The van der Waals surface area contributed by atoms with E-state index in [-0.39, 0.29) is 23.8 Å². The standard InChI is InChI=1S/C21H24FN5O/c1-12-6-13-4-5-24-9-16(13)18(7-12)28-15-3-2-14(8-15)27-10-17(22)19-20(23)25-11-26-21(19)27/h6-7,10-11,14-15,24H,2-5,8-9H2,1H3,(H2,23,25,26). The van der Waals surface area contributed by atoms with Crippen molar-refractivity contribution < 1.29 is 9.13 Å². The van der Waals surface area contributed by atoms with Gasteiger partial charge in [-0.3, -0.25) is 0 Å². The van der Waals surface area contributed by atoms with Crippen molar-refractivity contribution in [1.29, 1.82) is 0 Å². The summed E-state index contributed by atoms with van der Waals surface area (Å²) in [5.74, 6) is 0.810. The second-order valence-electron chi connectivity index (χ2n) is 7.88. The molecule has 3 aromatic rings. The number of halogens is 1. The van der Waals surface area contributed by atoms with Crippen LogP contribution in [0.15, 0.2) is 24.7 Å². The van der Waals surface area contributed by atoms with Crippen LogP contribution in [0.3, 0.4) is 0 Å². The summed E-state index contributed by atoms with van der Waals surface area (Å²) in [7, 11) is 0. The van der Waals surface area contributed by atoms with Gasteiger partial charge in [-0.2, -0.15) is 0 Å². The maximum Gasteiger partial charge on any atom is 0.154 e. The molecule has 3 N–H and O–H groups in total. The molecule has 1 aromatic carbocycles. The van der Waals surface area contributed by atoms with Gasteiger partial charge in [-0.15, -0.1) is 0 Å². The summed E-state index contributed by atoms with van der Waals surface area (Å²) in [4.78, 5) is 8.18. The number of hydrogen-bond acceptors (Lipinski definition) is 5. The lowest BCUT2D eigenvalue weighted by Gasteiger charge is -2.24. The smallest absolute Gasteiger partial charge is 0.154 e. The van der Waals surface area contributed by atoms with E-state index in [2.05, 4.69) is 34.3 Å². The van der Waals surface area contributed by atoms with Crippen molar-refractivity contribution in [1.82, 2.24) is 19.9 Å². The van der Waals surface area contributed by atoms with E-state index in [1.807, 2.05) is 4.57 Å². The average molecular weight is 381 g/mol. The first-order chi connectivity index (χ1) is 13.6. The minimum absolute atomic E-state index is 0.109. The second-order valence-corrected chi connectivity index (χ2v) is 7.88. The number of hydrogen-bond donors (Lipinski definition) is 2. The summed E-state index contributed by atoms with van der Waals surface area (Å²) >= 11 is 0. The maximum atomic E-state index is 14.4. The Hall–Kier alpha value is -2.67. The minimum Gasteiger partial charge on any atom is -0.490 e. The van der Waals surface area contributed by atoms with E-state index in [1.165, 1.54) is 29.2 Å². The van der Waals surface area contributed by atoms with E-state index in [0.717, 1.165) is 44.5 Å². The van der Waals surface area contributed by atoms with Crippen LogP contribution in [0.1, 0.15) is 42.0 Å². The molecular formula is C21H24FN5O. The number of nitrogens with one attached hydrogen (secondary N) is 1. The zero-order valence-corrected chi connectivity index (χ0v) is 15.9. The van der Waals surface area contributed by atoms with E-state index in [4.69, 9.17) is 10.5 Å². The maximum absolute atomic E-state index is 14.4. The molecule has 0 amide bonds. The van der Waals surface area contributed by atoms with E-state index in [9.17, 15) is 4.39 Å². The molecule has 1 aliphatic heterocycles. The highest BCUT2D eigenvalue weighted by Crippen LogP contribution is 2.38. The van der Waals surface area contributed by atoms with Crippen molar-refractivity contribution >= 4 is 16.9 Å². The van der Waals surface area contributed by atoms with Crippen LogP contribution in [0.4, 0.5) is 10.2 Å². The Labute approximate surface area is 162 Å². The second kappa shape index (κ2) is 6.74. The Kier molecular flexibility index (Phi) is 4.19. The van der Waals surface area contributed by atoms with Crippen LogP contribution in [0.2, 0.25) is 0 Å². The molecule has 1 aliphatic carbocycles. The molecule has 0 saturated heterocycles. The molecule has 2 aliphatic rings. The van der Waals surface area contributed by atoms with E-state index < -0.39 is 0 Å². The van der Waals surface area contributed by atoms with Crippen molar-refractivity contribution in [3.8, 4) is 5.75 Å². The summed E-state index contributed by atoms with van der Waals surface area (Å²) in [6, 6.07) is 4.54. The number of aromatic nitrogens is 3. The highest BCUT2D eigenvalue weighted by molar-refractivity contribution is 5.86. The largest absolute Gasteiger partial charge is 0.490 e. The number of benzene rings is 1. The third-order valence-electron chi connectivity index (χ3n) is 5.95. The van der Waals surface area contributed by atoms with Crippen LogP contribution in [0, 0.1) is 12.7 Å². The summed E-state index contributed by atoms with van der Waals surface area (Å²) in [5.41, 5.74) is 10.3. The normalized spacial score (nSPS) is 21.8. The van der Waals surface area contributed by atoms with Gasteiger partial charge in [0, 0.05) is 30.8 Å². The van der Waals surface area contributed by atoms with Gasteiger partial charge in [-0.1, -0.05) is 6.07 Å². The Morgan fingerprint density at radius 3 is 3.07 bits per heavy atom. The molecule has 2 atom stereocenters. The molecule has 5 rings (SSSR count). The fourth-order valence-corrected chi connectivity index (χ4v) is 4.62. The first-order valence-corrected chi connectivity index (χ1v) is 9.86. The third kappa shape index (κ3) is 2.90. The van der Waals surface area contributed by atoms with Crippen molar-refractivity contribution in [3.05, 3.63) is 47.2 Å². The van der Waals surface area contributed by atoms with Crippen LogP contribution >= 0.6 is 0 Å². The van der Waals surface area contributed by atoms with Crippen LogP contribution in [-0.4, -0.2) is 27.2 Å². The number of nitrogens with two attached hydrogens (primary N) is 1. The monoisotopic (exact) mass is 381 g/mol. The Morgan fingerprint density at radius 1 is 1.29 bits per heavy atom. The fraction of sp³-hybridized carbons (Fsp3) is 0.429. The van der Waals surface area contributed by atoms with Crippen molar-refractivity contribution in [2.24, 2.45) is 0 Å². The highest BCUT2D eigenvalue weighted by atomic mass is 19.1. The lowest BCUT2D eigenvalue weighted by atomic mass is 9.97. The molecule has 6 nitrogen and oxygen atoms in total. The molecule has 0 radical (unpaired) electrons. The Bertz CT molecular complexity index is 1050. The van der Waals surface area contributed by atoms with Crippen LogP contribution < -0.4 is 15.8 Å². The predicted octanol–water partition coefficient (Wildman–Crippen LogP) is 3.28. The molecule has 28 heavy (non-hydrogen) atoms. The van der Waals surface area contributed by atoms with Gasteiger partial charge in [-0.05, 0) is 49.9 Å². The summed E-state index contributed by atoms with van der Waals surface area (Å²) in [6.07, 6.45) is 6.72. The van der Waals surface area contributed by atoms with Gasteiger partial charge in [0.05, 0.1) is 5.39 Å². The fourth-order valence-electron chi connectivity index (χ4n) is 4.62. The lowest BCUT2D eigenvalue weighted by molar-refractivity contribution is 0.201. The first kappa shape index (κ1) is 17.4. The molecule has 2 unspecified atom stereocenters. The van der Waals surface area contributed by atoms with Gasteiger partial charge < -0.3 is 20.4 Å². The van der Waals surface area contributed by atoms with Gasteiger partial charge in [0.2, 0.25) is 0 Å². The topological polar surface area (TPSA) is 78.0 Å². The van der Waals surface area contributed by atoms with E-state index in [1.54, 1.807) is 0 Å². The Morgan fingerprint density at radius 2 is 2.18 bits per heavy atom. The van der Waals surface area contributed by atoms with Crippen molar-refractivity contribution in [2.45, 2.75) is 51.3 Å². The van der Waals surface area contributed by atoms with Crippen LogP contribution in [-0.2, 0) is 13.0 Å². The summed E-state index contributed by atoms with van der Waals surface area (Å²) < 4.78 is 22.7. The van der Waals surface area contributed by atoms with E-state index in [0.29, 0.717) is 11.0 Å². The molecule has 7 heteroatoms. The zero-order valence-electron chi connectivity index (χ0n) is 15.9. The van der Waals surface area contributed by atoms with Crippen molar-refractivity contribution in [3.63, 3.8) is 0 Å². The summed E-state index contributed by atoms with van der Waals surface area (Å²) in [6.45, 7) is 3.98. The molecular weight excluding hydrogens is 357 g/mol. The number of nitrogens with zero attached hydrogens (tertiary/aromatic N) is 3. The van der Waals surface area contributed by atoms with Gasteiger partial charge >= 0.3 is 0 Å². The average Bonchev–Trinajstić information content (AvgIpc) is 3.27. The number of aryl methyl sites for hydroxylation is 1. The van der Waals surface area contributed by atoms with Gasteiger partial charge in [-0.25, -0.2) is 14.4 Å². The first-order valence-electron chi connectivity index (χ1n) is 9.86. The Balaban J connectivity index is 1.39. The third-order valence-corrected chi connectivity index (χ3v) is 5.95. The predicted molar refractivity (Wildman–Crippen MR) is 106 cm³/mol. The number of anilines is 1. The number of fused-ring (bicyclic) bond motifs is 2. The molecule has 1 fully saturated rings. The number of rotatable bonds is 3. The molecule has 0 spiro atoms. The molecule has 146 valence electrons. The molecule has 0 bridgehead atoms. The van der Waals surface area contributed by atoms with Gasteiger partial charge in [0.25, 0.3) is 0 Å². The zero-order chi connectivity index (χ0) is 19.3. The van der Waals surface area contributed by atoms with Crippen molar-refractivity contribution in [2.75, 3.05) is 12.3 Å². The molecule has 2 aromatic heterocycles. The van der Waals surface area contributed by atoms with Crippen LogP contribution in [0.5, 0.6) is 5.75 Å². The molecule has 3 heterocycles.